The molecule has 0 radical (unpaired) electrons. The van der Waals surface area contributed by atoms with Crippen molar-refractivity contribution in [3.8, 4) is 0 Å². The number of carbonyl (C=O) groups is 3. The van der Waals surface area contributed by atoms with Gasteiger partial charge in [0.05, 0.1) is 29.0 Å². The summed E-state index contributed by atoms with van der Waals surface area (Å²) in [6.07, 6.45) is -1.96. The van der Waals surface area contributed by atoms with Crippen LogP contribution in [0.3, 0.4) is 0 Å². The van der Waals surface area contributed by atoms with Crippen LogP contribution in [-0.4, -0.2) is 38.7 Å². The molecule has 1 aromatic heterocycles. The Bertz CT molecular complexity index is 1370. The molecule has 0 saturated carbocycles. The quantitative estimate of drug-likeness (QED) is 0.484. The highest BCUT2D eigenvalue weighted by molar-refractivity contribution is 6.34. The van der Waals surface area contributed by atoms with Gasteiger partial charge in [-0.2, -0.15) is 13.2 Å². The number of hydrogen-bond donors (Lipinski definition) is 2. The van der Waals surface area contributed by atoms with E-state index in [4.69, 9.17) is 11.6 Å². The topological polar surface area (TPSA) is 96.3 Å². The fourth-order valence-corrected chi connectivity index (χ4v) is 3.85. The van der Waals surface area contributed by atoms with E-state index < -0.39 is 23.6 Å². The minimum Gasteiger partial charge on any atom is -0.330 e. The van der Waals surface area contributed by atoms with Gasteiger partial charge in [0.15, 0.2) is 0 Å². The number of fused-ring (bicyclic) bond motifs is 1. The van der Waals surface area contributed by atoms with Gasteiger partial charge >= 0.3 is 6.18 Å². The summed E-state index contributed by atoms with van der Waals surface area (Å²) in [5.74, 6) is -0.922. The monoisotopic (exact) mass is 517 g/mol. The van der Waals surface area contributed by atoms with E-state index in [1.807, 2.05) is 0 Å². The van der Waals surface area contributed by atoms with Crippen LogP contribution < -0.4 is 10.6 Å². The summed E-state index contributed by atoms with van der Waals surface area (Å²) in [6, 6.07) is 8.33. The van der Waals surface area contributed by atoms with Gasteiger partial charge in [0.25, 0.3) is 11.8 Å². The Morgan fingerprint density at radius 2 is 1.83 bits per heavy atom. The summed E-state index contributed by atoms with van der Waals surface area (Å²) in [4.78, 5) is 43.2. The molecule has 2 heterocycles. The molecule has 2 aromatic carbocycles. The molecule has 0 spiro atoms. The molecule has 4 rings (SSSR count). The van der Waals surface area contributed by atoms with E-state index in [0.717, 1.165) is 12.1 Å². The first-order valence-electron chi connectivity index (χ1n) is 10.6. The van der Waals surface area contributed by atoms with Gasteiger partial charge in [0.1, 0.15) is 11.5 Å². The number of hydrogen-bond acceptors (Lipinski definition) is 4. The maximum Gasteiger partial charge on any atom is 0.416 e. The normalized spacial score (nSPS) is 13.1. The van der Waals surface area contributed by atoms with Crippen molar-refractivity contribution in [1.29, 1.82) is 0 Å². The van der Waals surface area contributed by atoms with Crippen LogP contribution in [0.5, 0.6) is 0 Å². The van der Waals surface area contributed by atoms with Crippen molar-refractivity contribution in [1.82, 2.24) is 14.5 Å². The van der Waals surface area contributed by atoms with Crippen LogP contribution >= 0.6 is 11.6 Å². The van der Waals surface area contributed by atoms with Crippen LogP contribution in [0.15, 0.2) is 61.3 Å². The van der Waals surface area contributed by atoms with Gasteiger partial charge in [-0.05, 0) is 42.5 Å². The van der Waals surface area contributed by atoms with Gasteiger partial charge < -0.3 is 20.1 Å². The summed E-state index contributed by atoms with van der Waals surface area (Å²) in [6.45, 7) is 4.42. The number of carbonyl (C=O) groups excluding carboxylic acids is 3. The van der Waals surface area contributed by atoms with Crippen molar-refractivity contribution in [2.45, 2.75) is 19.3 Å². The molecule has 0 atom stereocenters. The van der Waals surface area contributed by atoms with E-state index in [1.54, 1.807) is 9.47 Å². The number of alkyl halides is 3. The molecule has 0 fully saturated rings. The Balaban J connectivity index is 1.50. The first kappa shape index (κ1) is 25.0. The molecule has 36 heavy (non-hydrogen) atoms. The van der Waals surface area contributed by atoms with Crippen LogP contribution in [0.25, 0.3) is 0 Å². The van der Waals surface area contributed by atoms with E-state index in [-0.39, 0.29) is 40.1 Å². The Morgan fingerprint density at radius 3 is 2.56 bits per heavy atom. The van der Waals surface area contributed by atoms with Crippen molar-refractivity contribution in [3.05, 3.63) is 89.0 Å². The maximum absolute atomic E-state index is 12.9. The van der Waals surface area contributed by atoms with Crippen molar-refractivity contribution in [2.24, 2.45) is 0 Å². The Labute approximate surface area is 208 Å². The van der Waals surface area contributed by atoms with Crippen molar-refractivity contribution < 1.29 is 27.6 Å². The third kappa shape index (κ3) is 5.25. The van der Waals surface area contributed by atoms with Gasteiger partial charge in [0, 0.05) is 24.3 Å². The lowest BCUT2D eigenvalue weighted by Gasteiger charge is -2.27. The Kier molecular flexibility index (Phi) is 6.84. The fourth-order valence-electron chi connectivity index (χ4n) is 3.68. The molecule has 3 amide bonds. The number of aromatic nitrogens is 2. The Hall–Kier alpha value is -4.12. The highest BCUT2D eigenvalue weighted by atomic mass is 35.5. The summed E-state index contributed by atoms with van der Waals surface area (Å²) < 4.78 is 40.5. The van der Waals surface area contributed by atoms with E-state index in [9.17, 15) is 27.6 Å². The molecule has 0 aliphatic carbocycles. The Morgan fingerprint density at radius 1 is 1.06 bits per heavy atom. The number of rotatable bonds is 5. The molecule has 1 aliphatic heterocycles. The lowest BCUT2D eigenvalue weighted by Crippen LogP contribution is -2.38. The molecule has 1 aliphatic rings. The van der Waals surface area contributed by atoms with Crippen molar-refractivity contribution in [3.63, 3.8) is 0 Å². The number of nitrogens with zero attached hydrogens (tertiary/aromatic N) is 3. The van der Waals surface area contributed by atoms with E-state index >= 15 is 0 Å². The third-order valence-corrected chi connectivity index (χ3v) is 5.84. The lowest BCUT2D eigenvalue weighted by molar-refractivity contribution is -0.137. The number of anilines is 2. The standard InChI is InChI=1S/C24H19ClF3N5O3/c1-2-21(34)32-8-9-33-19(12-29-20(33)13-32)23(36)31-18-10-14(6-7-17(18)25)22(35)30-16-5-3-4-15(11-16)24(26,27)28/h2-7,10-12H,1,8-9,13H2,(H,30,35)(H,31,36). The number of imidazole rings is 1. The predicted molar refractivity (Wildman–Crippen MR) is 127 cm³/mol. The van der Waals surface area contributed by atoms with E-state index in [0.29, 0.717) is 18.9 Å². The van der Waals surface area contributed by atoms with Gasteiger partial charge in [-0.1, -0.05) is 24.2 Å². The number of halogens is 4. The van der Waals surface area contributed by atoms with Crippen LogP contribution in [0, 0.1) is 0 Å². The molecule has 0 saturated heterocycles. The average Bonchev–Trinajstić information content (AvgIpc) is 3.28. The first-order valence-corrected chi connectivity index (χ1v) is 11.0. The lowest BCUT2D eigenvalue weighted by atomic mass is 10.1. The molecule has 3 aromatic rings. The number of amides is 3. The van der Waals surface area contributed by atoms with Crippen LogP contribution in [0.2, 0.25) is 5.02 Å². The van der Waals surface area contributed by atoms with Crippen molar-refractivity contribution in [2.75, 3.05) is 17.2 Å². The SMILES string of the molecule is C=CC(=O)N1CCn2c(C(=O)Nc3cc(C(=O)Nc4cccc(C(F)(F)F)c4)ccc3Cl)cnc2C1. The van der Waals surface area contributed by atoms with Gasteiger partial charge in [-0.15, -0.1) is 0 Å². The zero-order valence-electron chi connectivity index (χ0n) is 18.6. The summed E-state index contributed by atoms with van der Waals surface area (Å²) in [7, 11) is 0. The zero-order valence-corrected chi connectivity index (χ0v) is 19.4. The zero-order chi connectivity index (χ0) is 26.0. The predicted octanol–water partition coefficient (Wildman–Crippen LogP) is 4.59. The number of nitrogens with one attached hydrogen (secondary N) is 2. The highest BCUT2D eigenvalue weighted by Gasteiger charge is 2.30. The molecular formula is C24H19ClF3N5O3. The van der Waals surface area contributed by atoms with Gasteiger partial charge in [0.2, 0.25) is 5.91 Å². The minimum atomic E-state index is -4.55. The van der Waals surface area contributed by atoms with Crippen LogP contribution in [-0.2, 0) is 24.1 Å². The molecule has 186 valence electrons. The minimum absolute atomic E-state index is 0.0368. The summed E-state index contributed by atoms with van der Waals surface area (Å²) >= 11 is 6.20. The third-order valence-electron chi connectivity index (χ3n) is 5.51. The molecule has 0 bridgehead atoms. The van der Waals surface area contributed by atoms with E-state index in [2.05, 4.69) is 22.2 Å². The molecule has 0 unspecified atom stereocenters. The fraction of sp³-hybridized carbons (Fsp3) is 0.167. The average molecular weight is 518 g/mol. The van der Waals surface area contributed by atoms with Gasteiger partial charge in [-0.3, -0.25) is 14.4 Å². The largest absolute Gasteiger partial charge is 0.416 e. The molecule has 12 heteroatoms. The molecule has 2 N–H and O–H groups in total. The van der Waals surface area contributed by atoms with E-state index in [1.165, 1.54) is 42.6 Å². The number of benzene rings is 2. The summed E-state index contributed by atoms with van der Waals surface area (Å²) in [5.41, 5.74) is -0.490. The van der Waals surface area contributed by atoms with Crippen LogP contribution in [0.4, 0.5) is 24.5 Å². The smallest absolute Gasteiger partial charge is 0.330 e. The second-order valence-electron chi connectivity index (χ2n) is 7.86. The second-order valence-corrected chi connectivity index (χ2v) is 8.26. The highest BCUT2D eigenvalue weighted by Crippen LogP contribution is 2.31. The van der Waals surface area contributed by atoms with Crippen molar-refractivity contribution >= 4 is 40.7 Å². The maximum atomic E-state index is 12.9. The summed E-state index contributed by atoms with van der Waals surface area (Å²) in [5, 5.41) is 5.20. The molecule has 8 nitrogen and oxygen atoms in total. The second kappa shape index (κ2) is 9.86. The van der Waals surface area contributed by atoms with Crippen LogP contribution in [0.1, 0.15) is 32.2 Å². The molecular weight excluding hydrogens is 499 g/mol. The first-order chi connectivity index (χ1) is 17.1. The van der Waals surface area contributed by atoms with Gasteiger partial charge in [-0.25, -0.2) is 4.98 Å².